The second-order valence-corrected chi connectivity index (χ2v) is 2.80. The normalized spacial score (nSPS) is 9.86. The van der Waals surface area contributed by atoms with E-state index in [1.165, 1.54) is 12.1 Å². The number of ketones is 1. The van der Waals surface area contributed by atoms with Crippen LogP contribution in [-0.2, 0) is 11.2 Å². The molecule has 1 aromatic rings. The van der Waals surface area contributed by atoms with Crippen molar-refractivity contribution in [2.45, 2.75) is 13.3 Å². The second kappa shape index (κ2) is 4.00. The van der Waals surface area contributed by atoms with Crippen LogP contribution in [0.1, 0.15) is 22.8 Å². The van der Waals surface area contributed by atoms with Crippen LogP contribution in [0.3, 0.4) is 0 Å². The van der Waals surface area contributed by atoms with Gasteiger partial charge < -0.3 is 5.11 Å². The molecule has 1 rings (SSSR count). The van der Waals surface area contributed by atoms with E-state index < -0.39 is 17.6 Å². The molecule has 0 aliphatic heterocycles. The van der Waals surface area contributed by atoms with E-state index in [2.05, 4.69) is 0 Å². The van der Waals surface area contributed by atoms with Crippen LogP contribution in [0.2, 0.25) is 0 Å². The molecule has 0 atom stereocenters. The Labute approximate surface area is 80.2 Å². The van der Waals surface area contributed by atoms with E-state index in [-0.39, 0.29) is 5.56 Å². The van der Waals surface area contributed by atoms with E-state index in [1.807, 2.05) is 6.92 Å². The molecule has 0 bridgehead atoms. The summed E-state index contributed by atoms with van der Waals surface area (Å²) in [5, 5.41) is 8.41. The molecule has 1 aromatic carbocycles. The standard InChI is InChI=1S/C10H9FO3/c1-2-6-3-4-8(11)7(5-6)9(12)10(13)14/h3-5H,2H2,1H3,(H,13,14). The Morgan fingerprint density at radius 1 is 1.43 bits per heavy atom. The highest BCUT2D eigenvalue weighted by Crippen LogP contribution is 2.11. The summed E-state index contributed by atoms with van der Waals surface area (Å²) >= 11 is 0. The van der Waals surface area contributed by atoms with Crippen LogP contribution in [0.25, 0.3) is 0 Å². The van der Waals surface area contributed by atoms with E-state index in [1.54, 1.807) is 0 Å². The fourth-order valence-corrected chi connectivity index (χ4v) is 1.08. The number of benzene rings is 1. The van der Waals surface area contributed by atoms with Crippen molar-refractivity contribution in [2.24, 2.45) is 0 Å². The molecule has 0 fully saturated rings. The summed E-state index contributed by atoms with van der Waals surface area (Å²) in [5.41, 5.74) is 0.354. The summed E-state index contributed by atoms with van der Waals surface area (Å²) in [6.07, 6.45) is 0.625. The first-order valence-corrected chi connectivity index (χ1v) is 4.12. The summed E-state index contributed by atoms with van der Waals surface area (Å²) in [4.78, 5) is 21.3. The van der Waals surface area contributed by atoms with E-state index in [4.69, 9.17) is 5.11 Å². The van der Waals surface area contributed by atoms with Crippen molar-refractivity contribution >= 4 is 11.8 Å². The highest BCUT2D eigenvalue weighted by Gasteiger charge is 2.18. The third-order valence-corrected chi connectivity index (χ3v) is 1.88. The number of halogens is 1. The van der Waals surface area contributed by atoms with Crippen molar-refractivity contribution < 1.29 is 19.1 Å². The van der Waals surface area contributed by atoms with Gasteiger partial charge in [0.2, 0.25) is 0 Å². The molecule has 4 heteroatoms. The number of carbonyl (C=O) groups excluding carboxylic acids is 1. The lowest BCUT2D eigenvalue weighted by atomic mass is 10.1. The zero-order valence-electron chi connectivity index (χ0n) is 7.58. The topological polar surface area (TPSA) is 54.4 Å². The minimum atomic E-state index is -1.64. The number of carboxylic acids is 1. The van der Waals surface area contributed by atoms with Crippen LogP contribution < -0.4 is 0 Å². The Morgan fingerprint density at radius 2 is 2.07 bits per heavy atom. The van der Waals surface area contributed by atoms with Gasteiger partial charge in [0.1, 0.15) is 5.82 Å². The van der Waals surface area contributed by atoms with Crippen molar-refractivity contribution in [3.05, 3.63) is 35.1 Å². The van der Waals surface area contributed by atoms with E-state index in [9.17, 15) is 14.0 Å². The molecule has 0 aliphatic carbocycles. The molecule has 0 spiro atoms. The number of aliphatic carboxylic acids is 1. The third-order valence-electron chi connectivity index (χ3n) is 1.88. The molecule has 0 heterocycles. The maximum absolute atomic E-state index is 13.0. The molecule has 0 aliphatic rings. The first kappa shape index (κ1) is 10.4. The van der Waals surface area contributed by atoms with E-state index in [0.29, 0.717) is 6.42 Å². The number of hydrogen-bond acceptors (Lipinski definition) is 2. The third kappa shape index (κ3) is 1.96. The highest BCUT2D eigenvalue weighted by molar-refractivity contribution is 6.39. The molecule has 74 valence electrons. The van der Waals surface area contributed by atoms with Crippen molar-refractivity contribution in [2.75, 3.05) is 0 Å². The maximum Gasteiger partial charge on any atom is 0.377 e. The van der Waals surface area contributed by atoms with Gasteiger partial charge in [-0.25, -0.2) is 9.18 Å². The molecule has 0 unspecified atom stereocenters. The molecule has 3 nitrogen and oxygen atoms in total. The Balaban J connectivity index is 3.19. The lowest BCUT2D eigenvalue weighted by Gasteiger charge is -2.01. The lowest BCUT2D eigenvalue weighted by Crippen LogP contribution is -2.14. The molecule has 0 saturated heterocycles. The van der Waals surface area contributed by atoms with Crippen LogP contribution >= 0.6 is 0 Å². The molecule has 1 N–H and O–H groups in total. The minimum absolute atomic E-state index is 0.378. The van der Waals surface area contributed by atoms with Crippen molar-refractivity contribution in [1.82, 2.24) is 0 Å². The van der Waals surface area contributed by atoms with Gasteiger partial charge in [0.15, 0.2) is 0 Å². The molecule has 14 heavy (non-hydrogen) atoms. The average Bonchev–Trinajstić information content (AvgIpc) is 2.17. The summed E-state index contributed by atoms with van der Waals surface area (Å²) in [6.45, 7) is 1.84. The van der Waals surface area contributed by atoms with Gasteiger partial charge in [-0.15, -0.1) is 0 Å². The SMILES string of the molecule is CCc1ccc(F)c(C(=O)C(=O)O)c1. The maximum atomic E-state index is 13.0. The molecule has 0 amide bonds. The number of Topliss-reactive ketones (excluding diaryl/α,β-unsaturated/α-hetero) is 1. The van der Waals surface area contributed by atoms with Crippen LogP contribution in [0, 0.1) is 5.82 Å². The van der Waals surface area contributed by atoms with Crippen LogP contribution in [0.15, 0.2) is 18.2 Å². The van der Waals surface area contributed by atoms with Gasteiger partial charge in [0.25, 0.3) is 5.78 Å². The Morgan fingerprint density at radius 3 is 2.57 bits per heavy atom. The molecule has 0 saturated carbocycles. The minimum Gasteiger partial charge on any atom is -0.475 e. The van der Waals surface area contributed by atoms with Crippen LogP contribution in [-0.4, -0.2) is 16.9 Å². The number of carbonyl (C=O) groups is 2. The number of aryl methyl sites for hydroxylation is 1. The van der Waals surface area contributed by atoms with Gasteiger partial charge in [0, 0.05) is 0 Å². The number of hydrogen-bond donors (Lipinski definition) is 1. The first-order valence-electron chi connectivity index (χ1n) is 4.12. The Kier molecular flexibility index (Phi) is 2.96. The highest BCUT2D eigenvalue weighted by atomic mass is 19.1. The largest absolute Gasteiger partial charge is 0.475 e. The molecular weight excluding hydrogens is 187 g/mol. The van der Waals surface area contributed by atoms with Crippen LogP contribution in [0.5, 0.6) is 0 Å². The quantitative estimate of drug-likeness (QED) is 0.590. The van der Waals surface area contributed by atoms with Gasteiger partial charge >= 0.3 is 5.97 Å². The average molecular weight is 196 g/mol. The summed E-state index contributed by atoms with van der Waals surface area (Å²) in [6, 6.07) is 3.90. The zero-order chi connectivity index (χ0) is 10.7. The van der Waals surface area contributed by atoms with Gasteiger partial charge in [0.05, 0.1) is 5.56 Å². The fraction of sp³-hybridized carbons (Fsp3) is 0.200. The van der Waals surface area contributed by atoms with Crippen LogP contribution in [0.4, 0.5) is 4.39 Å². The smallest absolute Gasteiger partial charge is 0.377 e. The summed E-state index contributed by atoms with van der Waals surface area (Å²) < 4.78 is 13.0. The summed E-state index contributed by atoms with van der Waals surface area (Å²) in [5.74, 6) is -3.65. The first-order chi connectivity index (χ1) is 6.56. The Bertz CT molecular complexity index is 385. The van der Waals surface area contributed by atoms with Crippen molar-refractivity contribution in [3.63, 3.8) is 0 Å². The second-order valence-electron chi connectivity index (χ2n) is 2.80. The lowest BCUT2D eigenvalue weighted by molar-refractivity contribution is -0.131. The zero-order valence-corrected chi connectivity index (χ0v) is 7.58. The fourth-order valence-electron chi connectivity index (χ4n) is 1.08. The van der Waals surface area contributed by atoms with Crippen molar-refractivity contribution in [1.29, 1.82) is 0 Å². The van der Waals surface area contributed by atoms with Gasteiger partial charge in [-0.1, -0.05) is 13.0 Å². The van der Waals surface area contributed by atoms with E-state index in [0.717, 1.165) is 11.6 Å². The molecule has 0 aromatic heterocycles. The Hall–Kier alpha value is -1.71. The predicted molar refractivity (Wildman–Crippen MR) is 47.7 cm³/mol. The van der Waals surface area contributed by atoms with Crippen molar-refractivity contribution in [3.8, 4) is 0 Å². The number of carboxylic acid groups (broad SMARTS) is 1. The van der Waals surface area contributed by atoms with Gasteiger partial charge in [-0.05, 0) is 24.1 Å². The number of rotatable bonds is 3. The molecular formula is C10H9FO3. The van der Waals surface area contributed by atoms with Gasteiger partial charge in [-0.3, -0.25) is 4.79 Å². The summed E-state index contributed by atoms with van der Waals surface area (Å²) in [7, 11) is 0. The predicted octanol–water partition coefficient (Wildman–Crippen LogP) is 1.66. The van der Waals surface area contributed by atoms with E-state index >= 15 is 0 Å². The molecule has 0 radical (unpaired) electrons. The van der Waals surface area contributed by atoms with Gasteiger partial charge in [-0.2, -0.15) is 0 Å². The monoisotopic (exact) mass is 196 g/mol.